The SMILES string of the molecule is Cc1cccc(NC(=O)c2ccnc(F)c2)n1. The Morgan fingerprint density at radius 1 is 1.35 bits per heavy atom. The van der Waals surface area contributed by atoms with Crippen molar-refractivity contribution in [1.82, 2.24) is 9.97 Å². The summed E-state index contributed by atoms with van der Waals surface area (Å²) in [6.45, 7) is 1.82. The predicted octanol–water partition coefficient (Wildman–Crippen LogP) is 2.18. The second kappa shape index (κ2) is 4.69. The van der Waals surface area contributed by atoms with Gasteiger partial charge in [-0.25, -0.2) is 9.97 Å². The lowest BCUT2D eigenvalue weighted by atomic mass is 10.2. The van der Waals surface area contributed by atoms with Crippen molar-refractivity contribution in [3.8, 4) is 0 Å². The van der Waals surface area contributed by atoms with Crippen LogP contribution in [0.5, 0.6) is 0 Å². The fourth-order valence-electron chi connectivity index (χ4n) is 1.34. The van der Waals surface area contributed by atoms with Crippen LogP contribution in [0, 0.1) is 12.9 Å². The van der Waals surface area contributed by atoms with Crippen LogP contribution in [0.2, 0.25) is 0 Å². The van der Waals surface area contributed by atoms with Crippen LogP contribution in [0.4, 0.5) is 10.2 Å². The third kappa shape index (κ3) is 2.84. The third-order valence-corrected chi connectivity index (χ3v) is 2.12. The molecule has 4 nitrogen and oxygen atoms in total. The summed E-state index contributed by atoms with van der Waals surface area (Å²) >= 11 is 0. The number of amides is 1. The summed E-state index contributed by atoms with van der Waals surface area (Å²) in [6.07, 6.45) is 1.24. The molecule has 0 aromatic carbocycles. The molecule has 0 saturated carbocycles. The van der Waals surface area contributed by atoms with Gasteiger partial charge in [0.2, 0.25) is 5.95 Å². The number of nitrogens with zero attached hydrogens (tertiary/aromatic N) is 2. The molecule has 1 amide bonds. The van der Waals surface area contributed by atoms with Crippen LogP contribution in [0.15, 0.2) is 36.5 Å². The van der Waals surface area contributed by atoms with Crippen LogP contribution < -0.4 is 5.32 Å². The molecule has 1 N–H and O–H groups in total. The maximum atomic E-state index is 12.8. The zero-order valence-corrected chi connectivity index (χ0v) is 9.14. The van der Waals surface area contributed by atoms with Gasteiger partial charge < -0.3 is 5.32 Å². The molecule has 2 heterocycles. The Hall–Kier alpha value is -2.30. The van der Waals surface area contributed by atoms with Crippen LogP contribution in [0.25, 0.3) is 0 Å². The van der Waals surface area contributed by atoms with E-state index in [2.05, 4.69) is 15.3 Å². The van der Waals surface area contributed by atoms with Crippen molar-refractivity contribution in [1.29, 1.82) is 0 Å². The van der Waals surface area contributed by atoms with Crippen LogP contribution in [0.1, 0.15) is 16.1 Å². The van der Waals surface area contributed by atoms with Gasteiger partial charge in [0.1, 0.15) is 5.82 Å². The first-order valence-electron chi connectivity index (χ1n) is 5.02. The number of carbonyl (C=O) groups excluding carboxylic acids is 1. The van der Waals surface area contributed by atoms with Crippen molar-refractivity contribution in [3.63, 3.8) is 0 Å². The number of halogens is 1. The molecule has 2 aromatic heterocycles. The molecule has 0 bridgehead atoms. The molecule has 0 unspecified atom stereocenters. The molecule has 5 heteroatoms. The molecular formula is C12H10FN3O. The minimum Gasteiger partial charge on any atom is -0.307 e. The number of anilines is 1. The van der Waals surface area contributed by atoms with Crippen molar-refractivity contribution in [2.24, 2.45) is 0 Å². The van der Waals surface area contributed by atoms with Gasteiger partial charge in [0.25, 0.3) is 5.91 Å². The summed E-state index contributed by atoms with van der Waals surface area (Å²) in [7, 11) is 0. The van der Waals surface area contributed by atoms with Crippen LogP contribution in [0.3, 0.4) is 0 Å². The molecular weight excluding hydrogens is 221 g/mol. The van der Waals surface area contributed by atoms with Gasteiger partial charge in [-0.05, 0) is 25.1 Å². The molecule has 0 aliphatic heterocycles. The second-order valence-electron chi connectivity index (χ2n) is 3.49. The topological polar surface area (TPSA) is 54.9 Å². The van der Waals surface area contributed by atoms with E-state index in [0.29, 0.717) is 5.82 Å². The first-order valence-corrected chi connectivity index (χ1v) is 5.02. The number of nitrogens with one attached hydrogen (secondary N) is 1. The minimum absolute atomic E-state index is 0.209. The van der Waals surface area contributed by atoms with Crippen molar-refractivity contribution in [2.75, 3.05) is 5.32 Å². The predicted molar refractivity (Wildman–Crippen MR) is 61.1 cm³/mol. The Kier molecular flexibility index (Phi) is 3.09. The Balaban J connectivity index is 2.17. The van der Waals surface area contributed by atoms with Gasteiger partial charge >= 0.3 is 0 Å². The lowest BCUT2D eigenvalue weighted by Crippen LogP contribution is -2.13. The van der Waals surface area contributed by atoms with Crippen molar-refractivity contribution < 1.29 is 9.18 Å². The maximum Gasteiger partial charge on any atom is 0.257 e. The number of hydrogen-bond acceptors (Lipinski definition) is 3. The van der Waals surface area contributed by atoms with E-state index in [1.54, 1.807) is 12.1 Å². The molecule has 0 fully saturated rings. The summed E-state index contributed by atoms with van der Waals surface area (Å²) in [5.74, 6) is -0.661. The van der Waals surface area contributed by atoms with Crippen molar-refractivity contribution in [2.45, 2.75) is 6.92 Å². The molecule has 0 saturated heterocycles. The summed E-state index contributed by atoms with van der Waals surface area (Å²) < 4.78 is 12.8. The fourth-order valence-corrected chi connectivity index (χ4v) is 1.34. The van der Waals surface area contributed by atoms with Gasteiger partial charge in [-0.2, -0.15) is 4.39 Å². The number of aryl methyl sites for hydroxylation is 1. The van der Waals surface area contributed by atoms with Crippen LogP contribution in [-0.4, -0.2) is 15.9 Å². The van der Waals surface area contributed by atoms with Gasteiger partial charge in [-0.1, -0.05) is 6.07 Å². The van der Waals surface area contributed by atoms with Crippen LogP contribution in [-0.2, 0) is 0 Å². The molecule has 0 radical (unpaired) electrons. The Morgan fingerprint density at radius 2 is 2.18 bits per heavy atom. The average molecular weight is 231 g/mol. The number of hydrogen-bond donors (Lipinski definition) is 1. The highest BCUT2D eigenvalue weighted by Gasteiger charge is 2.07. The highest BCUT2D eigenvalue weighted by atomic mass is 19.1. The Bertz CT molecular complexity index is 557. The summed E-state index contributed by atoms with van der Waals surface area (Å²) in [4.78, 5) is 19.2. The van der Waals surface area contributed by atoms with E-state index in [-0.39, 0.29) is 5.56 Å². The van der Waals surface area contributed by atoms with Gasteiger partial charge in [0, 0.05) is 23.5 Å². The molecule has 17 heavy (non-hydrogen) atoms. The van der Waals surface area contributed by atoms with E-state index in [1.807, 2.05) is 13.0 Å². The van der Waals surface area contributed by atoms with E-state index in [0.717, 1.165) is 11.8 Å². The highest BCUT2D eigenvalue weighted by molar-refractivity contribution is 6.03. The Morgan fingerprint density at radius 3 is 2.88 bits per heavy atom. The molecule has 86 valence electrons. The van der Waals surface area contributed by atoms with Gasteiger partial charge in [-0.15, -0.1) is 0 Å². The zero-order valence-electron chi connectivity index (χ0n) is 9.14. The number of aromatic nitrogens is 2. The summed E-state index contributed by atoms with van der Waals surface area (Å²) in [5, 5.41) is 2.58. The standard InChI is InChI=1S/C12H10FN3O/c1-8-3-2-4-11(15-8)16-12(17)9-5-6-14-10(13)7-9/h2-7H,1H3,(H,15,16,17). The van der Waals surface area contributed by atoms with Gasteiger partial charge in [0.05, 0.1) is 0 Å². The van der Waals surface area contributed by atoms with E-state index >= 15 is 0 Å². The maximum absolute atomic E-state index is 12.8. The lowest BCUT2D eigenvalue weighted by molar-refractivity contribution is 0.102. The lowest BCUT2D eigenvalue weighted by Gasteiger charge is -2.04. The largest absolute Gasteiger partial charge is 0.307 e. The molecule has 2 rings (SSSR count). The second-order valence-corrected chi connectivity index (χ2v) is 3.49. The van der Waals surface area contributed by atoms with E-state index < -0.39 is 11.9 Å². The summed E-state index contributed by atoms with van der Waals surface area (Å²) in [5.41, 5.74) is 1.00. The first-order chi connectivity index (χ1) is 8.15. The molecule has 0 atom stereocenters. The van der Waals surface area contributed by atoms with E-state index in [4.69, 9.17) is 0 Å². The fraction of sp³-hybridized carbons (Fsp3) is 0.0833. The monoisotopic (exact) mass is 231 g/mol. The van der Waals surface area contributed by atoms with Crippen molar-refractivity contribution >= 4 is 11.7 Å². The van der Waals surface area contributed by atoms with Gasteiger partial charge in [0.15, 0.2) is 0 Å². The van der Waals surface area contributed by atoms with Gasteiger partial charge in [-0.3, -0.25) is 4.79 Å². The molecule has 0 aliphatic rings. The number of rotatable bonds is 2. The quantitative estimate of drug-likeness (QED) is 0.806. The highest BCUT2D eigenvalue weighted by Crippen LogP contribution is 2.07. The van der Waals surface area contributed by atoms with E-state index in [1.165, 1.54) is 12.3 Å². The Labute approximate surface area is 97.5 Å². The van der Waals surface area contributed by atoms with E-state index in [9.17, 15) is 9.18 Å². The smallest absolute Gasteiger partial charge is 0.257 e. The molecule has 0 aliphatic carbocycles. The van der Waals surface area contributed by atoms with Crippen LogP contribution >= 0.6 is 0 Å². The molecule has 2 aromatic rings. The summed E-state index contributed by atoms with van der Waals surface area (Å²) in [6, 6.07) is 7.79. The number of pyridine rings is 2. The number of carbonyl (C=O) groups is 1. The average Bonchev–Trinajstić information content (AvgIpc) is 2.29. The minimum atomic E-state index is -0.685. The molecule has 0 spiro atoms. The first kappa shape index (κ1) is 11.2. The zero-order chi connectivity index (χ0) is 12.3. The normalized spacial score (nSPS) is 10.0. The third-order valence-electron chi connectivity index (χ3n) is 2.12. The van der Waals surface area contributed by atoms with Crippen molar-refractivity contribution in [3.05, 3.63) is 53.7 Å².